The number of nitrogens with zero attached hydrogens (tertiary/aromatic N) is 1. The normalized spacial score (nSPS) is 18.3. The highest BCUT2D eigenvalue weighted by Crippen LogP contribution is 2.25. The van der Waals surface area contributed by atoms with Crippen molar-refractivity contribution in [2.24, 2.45) is 5.92 Å². The predicted molar refractivity (Wildman–Crippen MR) is 90.8 cm³/mol. The zero-order chi connectivity index (χ0) is 18.0. The van der Waals surface area contributed by atoms with Crippen molar-refractivity contribution in [1.29, 1.82) is 0 Å². The summed E-state index contributed by atoms with van der Waals surface area (Å²) >= 11 is 0. The molecule has 0 spiro atoms. The van der Waals surface area contributed by atoms with Gasteiger partial charge in [0.05, 0.1) is 6.10 Å². The number of ether oxygens (including phenoxy) is 1. The topological polar surface area (TPSA) is 82.6 Å². The number of likely N-dealkylation sites (tertiary alicyclic amines) is 1. The quantitative estimate of drug-likeness (QED) is 0.828. The van der Waals surface area contributed by atoms with Gasteiger partial charge in [-0.3, -0.25) is 4.79 Å². The minimum absolute atomic E-state index is 0.146. The van der Waals surface area contributed by atoms with Gasteiger partial charge >= 0.3 is 5.97 Å². The molecule has 134 valence electrons. The van der Waals surface area contributed by atoms with E-state index in [0.717, 1.165) is 18.5 Å². The van der Waals surface area contributed by atoms with E-state index in [0.29, 0.717) is 35.8 Å². The van der Waals surface area contributed by atoms with Crippen molar-refractivity contribution >= 4 is 11.9 Å². The first-order chi connectivity index (χ1) is 11.2. The Bertz CT molecular complexity index is 613. The lowest BCUT2D eigenvalue weighted by Crippen LogP contribution is -2.44. The molecule has 1 aliphatic rings. The molecule has 24 heavy (non-hydrogen) atoms. The van der Waals surface area contributed by atoms with Crippen LogP contribution in [0.25, 0.3) is 0 Å². The minimum Gasteiger partial charge on any atom is -0.448 e. The highest BCUT2D eigenvalue weighted by atomic mass is 16.5. The van der Waals surface area contributed by atoms with Gasteiger partial charge in [0, 0.05) is 24.3 Å². The van der Waals surface area contributed by atoms with E-state index in [4.69, 9.17) is 4.74 Å². The third-order valence-corrected chi connectivity index (χ3v) is 4.84. The van der Waals surface area contributed by atoms with Gasteiger partial charge in [0.25, 0.3) is 5.91 Å². The molecule has 1 aliphatic heterocycles. The monoisotopic (exact) mass is 336 g/mol. The number of nitrogens with one attached hydrogen (secondary N) is 1. The van der Waals surface area contributed by atoms with Crippen LogP contribution < -0.4 is 0 Å². The number of H-pyrrole nitrogens is 1. The SMILES string of the molecule is Cc1[nH]c(C(=O)O[C@H](C)C(=O)N2CCC(C)CC2)c(C)c1[C@H](C)O. The van der Waals surface area contributed by atoms with Crippen molar-refractivity contribution < 1.29 is 19.4 Å². The van der Waals surface area contributed by atoms with Gasteiger partial charge in [0.15, 0.2) is 6.10 Å². The van der Waals surface area contributed by atoms with Crippen molar-refractivity contribution in [2.45, 2.75) is 59.7 Å². The van der Waals surface area contributed by atoms with Crippen LogP contribution in [0.3, 0.4) is 0 Å². The summed E-state index contributed by atoms with van der Waals surface area (Å²) < 4.78 is 5.36. The lowest BCUT2D eigenvalue weighted by atomic mass is 9.99. The molecular weight excluding hydrogens is 308 g/mol. The van der Waals surface area contributed by atoms with E-state index >= 15 is 0 Å². The molecule has 1 fully saturated rings. The fourth-order valence-electron chi connectivity index (χ4n) is 3.35. The van der Waals surface area contributed by atoms with Crippen LogP contribution in [0.2, 0.25) is 0 Å². The fourth-order valence-corrected chi connectivity index (χ4v) is 3.35. The summed E-state index contributed by atoms with van der Waals surface area (Å²) in [6.07, 6.45) is 0.485. The Hall–Kier alpha value is -1.82. The number of aryl methyl sites for hydroxylation is 1. The number of aliphatic hydroxyl groups is 1. The Labute approximate surface area is 143 Å². The van der Waals surface area contributed by atoms with E-state index in [1.165, 1.54) is 0 Å². The highest BCUT2D eigenvalue weighted by Gasteiger charge is 2.28. The number of esters is 1. The Morgan fingerprint density at radius 2 is 1.83 bits per heavy atom. The molecule has 6 nitrogen and oxygen atoms in total. The second-order valence-electron chi connectivity index (χ2n) is 6.89. The summed E-state index contributed by atoms with van der Waals surface area (Å²) in [5.74, 6) is -0.0731. The summed E-state index contributed by atoms with van der Waals surface area (Å²) in [5.41, 5.74) is 2.40. The molecule has 0 unspecified atom stereocenters. The average molecular weight is 336 g/mol. The molecule has 2 rings (SSSR count). The van der Waals surface area contributed by atoms with Gasteiger partial charge in [-0.05, 0) is 52.0 Å². The molecule has 6 heteroatoms. The third-order valence-electron chi connectivity index (χ3n) is 4.84. The van der Waals surface area contributed by atoms with Crippen LogP contribution in [0.5, 0.6) is 0 Å². The highest BCUT2D eigenvalue weighted by molar-refractivity contribution is 5.92. The largest absolute Gasteiger partial charge is 0.448 e. The molecule has 1 amide bonds. The molecule has 1 aromatic rings. The first kappa shape index (κ1) is 18.5. The van der Waals surface area contributed by atoms with Crippen LogP contribution in [0, 0.1) is 19.8 Å². The van der Waals surface area contributed by atoms with Crippen molar-refractivity contribution in [3.63, 3.8) is 0 Å². The van der Waals surface area contributed by atoms with Gasteiger partial charge in [-0.1, -0.05) is 6.92 Å². The maximum atomic E-state index is 12.4. The van der Waals surface area contributed by atoms with Gasteiger partial charge in [-0.2, -0.15) is 0 Å². The van der Waals surface area contributed by atoms with Gasteiger partial charge in [-0.25, -0.2) is 4.79 Å². The number of hydrogen-bond donors (Lipinski definition) is 2. The van der Waals surface area contributed by atoms with Crippen LogP contribution in [0.4, 0.5) is 0 Å². The van der Waals surface area contributed by atoms with E-state index < -0.39 is 18.2 Å². The minimum atomic E-state index is -0.816. The molecule has 2 atom stereocenters. The van der Waals surface area contributed by atoms with Crippen LogP contribution in [-0.4, -0.2) is 46.1 Å². The zero-order valence-electron chi connectivity index (χ0n) is 15.2. The number of piperidine rings is 1. The second kappa shape index (κ2) is 7.38. The summed E-state index contributed by atoms with van der Waals surface area (Å²) in [5, 5.41) is 9.81. The Balaban J connectivity index is 2.04. The number of rotatable bonds is 4. The lowest BCUT2D eigenvalue weighted by molar-refractivity contribution is -0.141. The average Bonchev–Trinajstić information content (AvgIpc) is 2.82. The van der Waals surface area contributed by atoms with Crippen molar-refractivity contribution in [3.05, 3.63) is 22.5 Å². The second-order valence-corrected chi connectivity index (χ2v) is 6.89. The fraction of sp³-hybridized carbons (Fsp3) is 0.667. The molecule has 0 saturated carbocycles. The molecule has 1 aromatic heterocycles. The van der Waals surface area contributed by atoms with Gasteiger partial charge in [0.1, 0.15) is 5.69 Å². The van der Waals surface area contributed by atoms with Crippen molar-refractivity contribution in [2.75, 3.05) is 13.1 Å². The van der Waals surface area contributed by atoms with Crippen LogP contribution in [0.15, 0.2) is 0 Å². The lowest BCUT2D eigenvalue weighted by Gasteiger charge is -2.31. The third kappa shape index (κ3) is 3.80. The predicted octanol–water partition coefficient (Wildman–Crippen LogP) is 2.49. The number of carbonyl (C=O) groups is 2. The standard InChI is InChI=1S/C18H28N2O4/c1-10-6-8-20(9-7-10)17(22)14(5)24-18(23)16-11(2)15(13(4)21)12(3)19-16/h10,13-14,19,21H,6-9H2,1-5H3/t13-,14+/m0/s1. The number of aliphatic hydroxyl groups excluding tert-OH is 1. The van der Waals surface area contributed by atoms with E-state index in [2.05, 4.69) is 11.9 Å². The summed E-state index contributed by atoms with van der Waals surface area (Å²) in [6.45, 7) is 10.4. The van der Waals surface area contributed by atoms with Crippen molar-refractivity contribution in [1.82, 2.24) is 9.88 Å². The summed E-state index contributed by atoms with van der Waals surface area (Å²) in [4.78, 5) is 29.6. The van der Waals surface area contributed by atoms with E-state index in [1.807, 2.05) is 0 Å². The Kier molecular flexibility index (Phi) is 5.70. The van der Waals surface area contributed by atoms with E-state index in [-0.39, 0.29) is 5.91 Å². The number of hydrogen-bond acceptors (Lipinski definition) is 4. The van der Waals surface area contributed by atoms with Crippen molar-refractivity contribution in [3.8, 4) is 0 Å². The maximum absolute atomic E-state index is 12.4. The molecule has 0 bridgehead atoms. The molecule has 0 aliphatic carbocycles. The number of amides is 1. The summed E-state index contributed by atoms with van der Waals surface area (Å²) in [7, 11) is 0. The Morgan fingerprint density at radius 3 is 2.33 bits per heavy atom. The smallest absolute Gasteiger partial charge is 0.355 e. The Morgan fingerprint density at radius 1 is 1.25 bits per heavy atom. The first-order valence-electron chi connectivity index (χ1n) is 8.59. The zero-order valence-corrected chi connectivity index (χ0v) is 15.2. The maximum Gasteiger partial charge on any atom is 0.355 e. The van der Waals surface area contributed by atoms with E-state index in [1.54, 1.807) is 32.6 Å². The molecule has 1 saturated heterocycles. The van der Waals surface area contributed by atoms with Gasteiger partial charge < -0.3 is 19.7 Å². The van der Waals surface area contributed by atoms with Crippen LogP contribution in [0.1, 0.15) is 67.0 Å². The van der Waals surface area contributed by atoms with E-state index in [9.17, 15) is 14.7 Å². The number of aromatic amines is 1. The number of carbonyl (C=O) groups excluding carboxylic acids is 2. The van der Waals surface area contributed by atoms with Gasteiger partial charge in [0.2, 0.25) is 0 Å². The molecule has 0 radical (unpaired) electrons. The first-order valence-corrected chi connectivity index (χ1v) is 8.59. The molecule has 0 aromatic carbocycles. The van der Waals surface area contributed by atoms with Gasteiger partial charge in [-0.15, -0.1) is 0 Å². The summed E-state index contributed by atoms with van der Waals surface area (Å²) in [6, 6.07) is 0. The molecule has 2 N–H and O–H groups in total. The molecular formula is C18H28N2O4. The number of aromatic nitrogens is 1. The molecule has 2 heterocycles. The van der Waals surface area contributed by atoms with Crippen LogP contribution in [-0.2, 0) is 9.53 Å². The van der Waals surface area contributed by atoms with Crippen LogP contribution >= 0.6 is 0 Å².